The molecule has 0 saturated carbocycles. The van der Waals surface area contributed by atoms with Crippen molar-refractivity contribution in [3.63, 3.8) is 0 Å². The third kappa shape index (κ3) is 7.00. The molecule has 1 fully saturated rings. The molecular weight excluding hydrogens is 623 g/mol. The number of benzene rings is 2. The zero-order valence-electron chi connectivity index (χ0n) is 27.2. The van der Waals surface area contributed by atoms with Crippen molar-refractivity contribution >= 4 is 51.2 Å². The first-order chi connectivity index (χ1) is 23.2. The number of aromatic nitrogens is 2. The highest BCUT2D eigenvalue weighted by molar-refractivity contribution is 7.11. The van der Waals surface area contributed by atoms with Crippen LogP contribution in [0, 0.1) is 5.41 Å². The van der Waals surface area contributed by atoms with E-state index in [9.17, 15) is 14.7 Å². The quantitative estimate of drug-likeness (QED) is 0.146. The van der Waals surface area contributed by atoms with Crippen LogP contribution in [0.25, 0.3) is 16.6 Å². The number of para-hydroxylation sites is 1. The highest BCUT2D eigenvalue weighted by Crippen LogP contribution is 2.45. The third-order valence-corrected chi connectivity index (χ3v) is 10.3. The fourth-order valence-corrected chi connectivity index (χ4v) is 7.59. The van der Waals surface area contributed by atoms with Crippen molar-refractivity contribution in [2.45, 2.75) is 33.1 Å². The second kappa shape index (κ2) is 13.3. The number of piperazine rings is 1. The van der Waals surface area contributed by atoms with Gasteiger partial charge in [-0.1, -0.05) is 37.6 Å². The number of carbonyl (C=O) groups excluding carboxylic acids is 1. The van der Waals surface area contributed by atoms with Gasteiger partial charge >= 0.3 is 5.97 Å². The second-order valence-electron chi connectivity index (χ2n) is 13.4. The number of ether oxygens (including phenoxy) is 1. The Balaban J connectivity index is 1.04. The molecule has 0 bridgehead atoms. The fraction of sp³-hybridized carbons (Fsp3) is 0.289. The van der Waals surface area contributed by atoms with E-state index in [1.807, 2.05) is 66.2 Å². The van der Waals surface area contributed by atoms with Gasteiger partial charge in [-0.2, -0.15) is 0 Å². The van der Waals surface area contributed by atoms with Gasteiger partial charge in [-0.25, -0.2) is 9.78 Å². The molecule has 0 atom stereocenters. The molecule has 3 N–H and O–H groups in total. The van der Waals surface area contributed by atoms with Crippen LogP contribution in [0.4, 0.5) is 11.4 Å². The Morgan fingerprint density at radius 3 is 2.65 bits per heavy atom. The van der Waals surface area contributed by atoms with Crippen LogP contribution >= 0.6 is 11.3 Å². The molecule has 1 saturated heterocycles. The highest BCUT2D eigenvalue weighted by Gasteiger charge is 2.30. The van der Waals surface area contributed by atoms with Crippen molar-refractivity contribution in [3.8, 4) is 11.5 Å². The van der Waals surface area contributed by atoms with Crippen molar-refractivity contribution in [3.05, 3.63) is 106 Å². The first-order valence-corrected chi connectivity index (χ1v) is 17.2. The minimum atomic E-state index is -1.04. The number of hydrogen-bond acceptors (Lipinski definition) is 7. The molecule has 0 radical (unpaired) electrons. The van der Waals surface area contributed by atoms with Crippen LogP contribution in [0.15, 0.2) is 90.1 Å². The van der Waals surface area contributed by atoms with Gasteiger partial charge in [0.15, 0.2) is 0 Å². The Morgan fingerprint density at radius 1 is 1.04 bits per heavy atom. The van der Waals surface area contributed by atoms with Crippen LogP contribution in [0.5, 0.6) is 11.5 Å². The van der Waals surface area contributed by atoms with Gasteiger partial charge in [-0.15, -0.1) is 11.3 Å². The van der Waals surface area contributed by atoms with Crippen molar-refractivity contribution in [2.75, 3.05) is 42.9 Å². The number of H-pyrrole nitrogens is 1. The molecule has 5 aromatic rings. The molecule has 7 rings (SSSR count). The number of hydrogen-bond donors (Lipinski definition) is 3. The van der Waals surface area contributed by atoms with Crippen molar-refractivity contribution in [2.24, 2.45) is 5.41 Å². The van der Waals surface area contributed by atoms with E-state index in [0.717, 1.165) is 74.4 Å². The summed E-state index contributed by atoms with van der Waals surface area (Å²) in [5, 5.41) is 15.7. The highest BCUT2D eigenvalue weighted by atomic mass is 32.1. The lowest BCUT2D eigenvalue weighted by Crippen LogP contribution is -2.47. The maximum absolute atomic E-state index is 13.0. The fourth-order valence-electron chi connectivity index (χ4n) is 6.61. The topological polar surface area (TPSA) is 111 Å². The van der Waals surface area contributed by atoms with E-state index in [4.69, 9.17) is 4.74 Å². The Morgan fingerprint density at radius 2 is 1.85 bits per heavy atom. The second-order valence-corrected chi connectivity index (χ2v) is 14.3. The number of amides is 1. The van der Waals surface area contributed by atoms with Gasteiger partial charge in [0.2, 0.25) is 0 Å². The minimum Gasteiger partial charge on any atom is -0.478 e. The Hall–Kier alpha value is -4.93. The molecule has 0 unspecified atom stereocenters. The largest absolute Gasteiger partial charge is 0.478 e. The van der Waals surface area contributed by atoms with Crippen molar-refractivity contribution in [1.82, 2.24) is 14.9 Å². The predicted octanol–water partition coefficient (Wildman–Crippen LogP) is 8.15. The molecule has 2 aliphatic rings. The molecule has 0 spiro atoms. The number of carboxylic acids is 1. The lowest BCUT2D eigenvalue weighted by Gasteiger charge is -2.39. The van der Waals surface area contributed by atoms with E-state index in [1.165, 1.54) is 16.0 Å². The molecule has 2 aromatic carbocycles. The Labute approximate surface area is 283 Å². The lowest BCUT2D eigenvalue weighted by molar-refractivity contribution is 0.0694. The molecule has 9 nitrogen and oxygen atoms in total. The van der Waals surface area contributed by atoms with E-state index in [2.05, 4.69) is 45.0 Å². The normalized spacial score (nSPS) is 16.7. The molecule has 4 heterocycles. The van der Waals surface area contributed by atoms with E-state index in [1.54, 1.807) is 23.6 Å². The summed E-state index contributed by atoms with van der Waals surface area (Å²) in [4.78, 5) is 38.5. The summed E-state index contributed by atoms with van der Waals surface area (Å²) in [6, 6.07) is 20.7. The molecule has 1 aliphatic carbocycles. The molecular formula is C38H39N5O4S. The SMILES string of the molecule is CC1(C)CCC(CN2CCN(c3ccc(C(=O)O)c(Oc4cnc5[nH]ccc5c4)c3)CC2)=C(c2cc(C(=O)Nc3ccccc3)cs2)C1. The molecule has 1 amide bonds. The summed E-state index contributed by atoms with van der Waals surface area (Å²) in [6.45, 7) is 8.99. The predicted molar refractivity (Wildman–Crippen MR) is 191 cm³/mol. The summed E-state index contributed by atoms with van der Waals surface area (Å²) in [6.07, 6.45) is 6.59. The van der Waals surface area contributed by atoms with Gasteiger partial charge < -0.3 is 25.0 Å². The number of pyridine rings is 1. The van der Waals surface area contributed by atoms with Gasteiger partial charge in [0, 0.05) is 72.0 Å². The number of nitrogens with zero attached hydrogens (tertiary/aromatic N) is 3. The first-order valence-electron chi connectivity index (χ1n) is 16.3. The first kappa shape index (κ1) is 31.7. The van der Waals surface area contributed by atoms with Crippen molar-refractivity contribution < 1.29 is 19.4 Å². The number of anilines is 2. The number of thiophene rings is 1. The molecule has 246 valence electrons. The number of carboxylic acid groups (broad SMARTS) is 1. The number of fused-ring (bicyclic) bond motifs is 1. The lowest BCUT2D eigenvalue weighted by atomic mass is 9.73. The third-order valence-electron chi connectivity index (χ3n) is 9.33. The van der Waals surface area contributed by atoms with Crippen molar-refractivity contribution in [1.29, 1.82) is 0 Å². The van der Waals surface area contributed by atoms with Gasteiger partial charge in [0.1, 0.15) is 22.7 Å². The Kier molecular flexibility index (Phi) is 8.77. The van der Waals surface area contributed by atoms with E-state index >= 15 is 0 Å². The van der Waals surface area contributed by atoms with E-state index in [0.29, 0.717) is 17.1 Å². The summed E-state index contributed by atoms with van der Waals surface area (Å²) >= 11 is 1.66. The molecule has 3 aromatic heterocycles. The number of allylic oxidation sites excluding steroid dienone is 1. The van der Waals surface area contributed by atoms with Gasteiger partial charge in [0.05, 0.1) is 11.8 Å². The summed E-state index contributed by atoms with van der Waals surface area (Å²) in [7, 11) is 0. The van der Waals surface area contributed by atoms with Crippen LogP contribution in [-0.2, 0) is 0 Å². The summed E-state index contributed by atoms with van der Waals surface area (Å²) < 4.78 is 6.09. The number of carbonyl (C=O) groups is 2. The van der Waals surface area contributed by atoms with E-state index in [-0.39, 0.29) is 16.9 Å². The summed E-state index contributed by atoms with van der Waals surface area (Å²) in [5.41, 5.74) is 6.34. The zero-order valence-corrected chi connectivity index (χ0v) is 28.0. The molecule has 48 heavy (non-hydrogen) atoms. The number of nitrogens with one attached hydrogen (secondary N) is 2. The summed E-state index contributed by atoms with van der Waals surface area (Å²) in [5.74, 6) is -0.334. The average Bonchev–Trinajstić information content (AvgIpc) is 3.77. The average molecular weight is 662 g/mol. The maximum atomic E-state index is 13.0. The van der Waals surface area contributed by atoms with Gasteiger partial charge in [-0.3, -0.25) is 9.69 Å². The Bertz CT molecular complexity index is 1990. The molecule has 1 aliphatic heterocycles. The number of rotatable bonds is 9. The zero-order chi connectivity index (χ0) is 33.3. The van der Waals surface area contributed by atoms with Crippen LogP contribution < -0.4 is 15.0 Å². The standard InChI is InChI=1S/C38H39N5O4S/c1-38(2)12-10-26(32(21-38)34-19-27(24-48-34)36(44)41-28-6-4-3-5-7-28)23-42-14-16-43(17-15-42)29-8-9-31(37(45)46)33(20-29)47-30-18-25-11-13-39-35(25)40-22-30/h3-9,11,13,18-20,22,24H,10,12,14-17,21,23H2,1-2H3,(H,39,40)(H,41,44)(H,45,46). The smallest absolute Gasteiger partial charge is 0.339 e. The van der Waals surface area contributed by atoms with Crippen LogP contribution in [-0.4, -0.2) is 64.6 Å². The monoisotopic (exact) mass is 661 g/mol. The van der Waals surface area contributed by atoms with Crippen LogP contribution in [0.1, 0.15) is 58.7 Å². The van der Waals surface area contributed by atoms with Crippen LogP contribution in [0.2, 0.25) is 0 Å². The van der Waals surface area contributed by atoms with E-state index < -0.39 is 5.97 Å². The maximum Gasteiger partial charge on any atom is 0.339 e. The van der Waals surface area contributed by atoms with Gasteiger partial charge in [0.25, 0.3) is 5.91 Å². The van der Waals surface area contributed by atoms with Gasteiger partial charge in [-0.05, 0) is 72.7 Å². The minimum absolute atomic E-state index is 0.0830. The molecule has 10 heteroatoms. The van der Waals surface area contributed by atoms with Crippen LogP contribution in [0.3, 0.4) is 0 Å². The number of aromatic carboxylic acids is 1. The number of aromatic amines is 1.